The smallest absolute Gasteiger partial charge is 0.143 e. The van der Waals surface area contributed by atoms with Crippen LogP contribution >= 0.6 is 15.9 Å². The topological polar surface area (TPSA) is 20.2 Å². The molecule has 0 saturated carbocycles. The third-order valence-electron chi connectivity index (χ3n) is 2.46. The summed E-state index contributed by atoms with van der Waals surface area (Å²) in [5.41, 5.74) is 0.606. The van der Waals surface area contributed by atoms with E-state index in [0.29, 0.717) is 5.56 Å². The number of benzene rings is 2. The highest BCUT2D eigenvalue weighted by Gasteiger charge is 2.16. The summed E-state index contributed by atoms with van der Waals surface area (Å²) in [6, 6.07) is 10.0. The van der Waals surface area contributed by atoms with Crippen LogP contribution in [0.15, 0.2) is 46.9 Å². The van der Waals surface area contributed by atoms with Gasteiger partial charge in [-0.1, -0.05) is 24.3 Å². The Balaban J connectivity index is 2.40. The van der Waals surface area contributed by atoms with Gasteiger partial charge < -0.3 is 5.11 Å². The minimum absolute atomic E-state index is 0.158. The van der Waals surface area contributed by atoms with Gasteiger partial charge in [0.1, 0.15) is 17.7 Å². The predicted molar refractivity (Wildman–Crippen MR) is 64.6 cm³/mol. The third-order valence-corrected chi connectivity index (χ3v) is 3.07. The first kappa shape index (κ1) is 12.2. The van der Waals surface area contributed by atoms with Crippen molar-refractivity contribution in [1.82, 2.24) is 0 Å². The van der Waals surface area contributed by atoms with Crippen LogP contribution in [0, 0.1) is 11.6 Å². The Morgan fingerprint density at radius 3 is 2.29 bits per heavy atom. The fourth-order valence-corrected chi connectivity index (χ4v) is 1.94. The normalized spacial score (nSPS) is 12.5. The van der Waals surface area contributed by atoms with Crippen LogP contribution in [-0.2, 0) is 0 Å². The fraction of sp³-hybridized carbons (Fsp3) is 0.0769. The first-order valence-corrected chi connectivity index (χ1v) is 5.76. The van der Waals surface area contributed by atoms with Gasteiger partial charge in [0.05, 0.1) is 4.47 Å². The summed E-state index contributed by atoms with van der Waals surface area (Å²) in [7, 11) is 0. The molecule has 0 aliphatic heterocycles. The Hall–Kier alpha value is -1.26. The number of hydrogen-bond acceptors (Lipinski definition) is 1. The molecule has 0 aromatic heterocycles. The van der Waals surface area contributed by atoms with E-state index < -0.39 is 17.7 Å². The van der Waals surface area contributed by atoms with Gasteiger partial charge in [-0.05, 0) is 39.7 Å². The minimum Gasteiger partial charge on any atom is -0.384 e. The Kier molecular flexibility index (Phi) is 3.54. The van der Waals surface area contributed by atoms with Crippen molar-refractivity contribution < 1.29 is 13.9 Å². The highest BCUT2D eigenvalue weighted by molar-refractivity contribution is 9.10. The Bertz CT molecular complexity index is 525. The maximum atomic E-state index is 13.7. The van der Waals surface area contributed by atoms with Gasteiger partial charge >= 0.3 is 0 Å². The summed E-state index contributed by atoms with van der Waals surface area (Å²) in [4.78, 5) is 0. The van der Waals surface area contributed by atoms with E-state index in [1.807, 2.05) is 0 Å². The van der Waals surface area contributed by atoms with E-state index in [-0.39, 0.29) is 10.0 Å². The van der Waals surface area contributed by atoms with E-state index in [4.69, 9.17) is 0 Å². The molecule has 0 saturated heterocycles. The molecule has 0 amide bonds. The van der Waals surface area contributed by atoms with E-state index in [0.717, 1.165) is 0 Å². The highest BCUT2D eigenvalue weighted by Crippen LogP contribution is 2.28. The van der Waals surface area contributed by atoms with E-state index in [2.05, 4.69) is 15.9 Å². The van der Waals surface area contributed by atoms with Gasteiger partial charge in [-0.25, -0.2) is 8.78 Å². The predicted octanol–water partition coefficient (Wildman–Crippen LogP) is 3.81. The third kappa shape index (κ3) is 2.53. The number of rotatable bonds is 2. The van der Waals surface area contributed by atoms with Gasteiger partial charge in [-0.15, -0.1) is 0 Å². The first-order chi connectivity index (χ1) is 8.09. The Morgan fingerprint density at radius 1 is 1.00 bits per heavy atom. The van der Waals surface area contributed by atoms with Gasteiger partial charge in [0.2, 0.25) is 0 Å². The average molecular weight is 299 g/mol. The monoisotopic (exact) mass is 298 g/mol. The zero-order valence-corrected chi connectivity index (χ0v) is 10.3. The van der Waals surface area contributed by atoms with Crippen LogP contribution in [0.5, 0.6) is 0 Å². The molecule has 2 aromatic carbocycles. The van der Waals surface area contributed by atoms with Crippen LogP contribution in [0.3, 0.4) is 0 Å². The molecule has 88 valence electrons. The van der Waals surface area contributed by atoms with Crippen LogP contribution in [0.25, 0.3) is 0 Å². The van der Waals surface area contributed by atoms with Crippen molar-refractivity contribution in [1.29, 1.82) is 0 Å². The van der Waals surface area contributed by atoms with Crippen LogP contribution in [0.1, 0.15) is 17.2 Å². The summed E-state index contributed by atoms with van der Waals surface area (Å²) < 4.78 is 26.8. The van der Waals surface area contributed by atoms with Crippen molar-refractivity contribution in [3.63, 3.8) is 0 Å². The molecule has 0 heterocycles. The van der Waals surface area contributed by atoms with E-state index in [9.17, 15) is 13.9 Å². The lowest BCUT2D eigenvalue weighted by Gasteiger charge is -2.13. The molecule has 0 fully saturated rings. The number of aliphatic hydroxyl groups excluding tert-OH is 1. The number of halogens is 3. The molecule has 2 aromatic rings. The lowest BCUT2D eigenvalue weighted by atomic mass is 10.0. The maximum absolute atomic E-state index is 13.7. The average Bonchev–Trinajstić information content (AvgIpc) is 2.33. The molecular formula is C13H9BrF2O. The Morgan fingerprint density at radius 2 is 1.65 bits per heavy atom. The molecular weight excluding hydrogens is 290 g/mol. The van der Waals surface area contributed by atoms with Crippen molar-refractivity contribution in [2.75, 3.05) is 0 Å². The highest BCUT2D eigenvalue weighted by atomic mass is 79.9. The number of aliphatic hydroxyl groups is 1. The molecule has 1 nitrogen and oxygen atoms in total. The molecule has 0 radical (unpaired) electrons. The molecule has 0 aliphatic carbocycles. The summed E-state index contributed by atoms with van der Waals surface area (Å²) >= 11 is 3.05. The zero-order chi connectivity index (χ0) is 12.4. The molecule has 0 bridgehead atoms. The minimum atomic E-state index is -1.10. The van der Waals surface area contributed by atoms with Gasteiger partial charge in [-0.2, -0.15) is 0 Å². The zero-order valence-electron chi connectivity index (χ0n) is 8.70. The maximum Gasteiger partial charge on any atom is 0.143 e. The second-order valence-corrected chi connectivity index (χ2v) is 4.45. The summed E-state index contributed by atoms with van der Waals surface area (Å²) in [6.45, 7) is 0. The lowest BCUT2D eigenvalue weighted by molar-refractivity contribution is 0.214. The van der Waals surface area contributed by atoms with Crippen molar-refractivity contribution in [3.05, 3.63) is 69.7 Å². The van der Waals surface area contributed by atoms with Gasteiger partial charge in [-0.3, -0.25) is 0 Å². The van der Waals surface area contributed by atoms with Crippen LogP contribution in [-0.4, -0.2) is 5.11 Å². The largest absolute Gasteiger partial charge is 0.384 e. The van der Waals surface area contributed by atoms with Gasteiger partial charge in [0.25, 0.3) is 0 Å². The summed E-state index contributed by atoms with van der Waals surface area (Å²) in [6.07, 6.45) is -1.10. The van der Waals surface area contributed by atoms with Crippen LogP contribution in [0.4, 0.5) is 8.78 Å². The van der Waals surface area contributed by atoms with Crippen LogP contribution < -0.4 is 0 Å². The first-order valence-electron chi connectivity index (χ1n) is 4.97. The van der Waals surface area contributed by atoms with E-state index in [1.165, 1.54) is 30.3 Å². The molecule has 0 aliphatic rings. The summed E-state index contributed by atoms with van der Waals surface area (Å²) in [5.74, 6) is -0.903. The van der Waals surface area contributed by atoms with Crippen molar-refractivity contribution in [2.45, 2.75) is 6.10 Å². The van der Waals surface area contributed by atoms with E-state index in [1.54, 1.807) is 12.1 Å². The quantitative estimate of drug-likeness (QED) is 0.894. The molecule has 2 rings (SSSR count). The number of hydrogen-bond donors (Lipinski definition) is 1. The standard InChI is InChI=1S/C13H9BrF2O/c14-11-3-1-2-10(12(11)16)13(17)8-4-6-9(15)7-5-8/h1-7,13,17H. The molecule has 0 spiro atoms. The Labute approximate surface area is 106 Å². The van der Waals surface area contributed by atoms with Gasteiger partial charge in [0, 0.05) is 5.56 Å². The fourth-order valence-electron chi connectivity index (χ4n) is 1.56. The van der Waals surface area contributed by atoms with Gasteiger partial charge in [0.15, 0.2) is 0 Å². The molecule has 1 unspecified atom stereocenters. The second-order valence-electron chi connectivity index (χ2n) is 3.60. The van der Waals surface area contributed by atoms with E-state index >= 15 is 0 Å². The summed E-state index contributed by atoms with van der Waals surface area (Å²) in [5, 5.41) is 10.0. The SMILES string of the molecule is OC(c1ccc(F)cc1)c1cccc(Br)c1F. The molecule has 1 atom stereocenters. The second kappa shape index (κ2) is 4.94. The van der Waals surface area contributed by atoms with Crippen molar-refractivity contribution >= 4 is 15.9 Å². The van der Waals surface area contributed by atoms with Crippen molar-refractivity contribution in [2.24, 2.45) is 0 Å². The lowest BCUT2D eigenvalue weighted by Crippen LogP contribution is -2.03. The van der Waals surface area contributed by atoms with Crippen molar-refractivity contribution in [3.8, 4) is 0 Å². The molecule has 1 N–H and O–H groups in total. The van der Waals surface area contributed by atoms with Crippen LogP contribution in [0.2, 0.25) is 0 Å². The molecule has 17 heavy (non-hydrogen) atoms. The molecule has 4 heteroatoms.